The first kappa shape index (κ1) is 11.3. The van der Waals surface area contributed by atoms with E-state index in [4.69, 9.17) is 5.11 Å². The lowest BCUT2D eigenvalue weighted by atomic mass is 9.89. The maximum Gasteiger partial charge on any atom is 0.307 e. The van der Waals surface area contributed by atoms with Gasteiger partial charge in [-0.1, -0.05) is 12.1 Å². The van der Waals surface area contributed by atoms with Gasteiger partial charge in [0.15, 0.2) is 0 Å². The largest absolute Gasteiger partial charge is 0.481 e. The third-order valence-electron chi connectivity index (χ3n) is 3.69. The van der Waals surface area contributed by atoms with Gasteiger partial charge in [-0.05, 0) is 36.0 Å². The Morgan fingerprint density at radius 3 is 2.67 bits per heavy atom. The normalized spacial score (nSPS) is 17.6. The van der Waals surface area contributed by atoms with Crippen molar-refractivity contribution in [1.29, 1.82) is 0 Å². The van der Waals surface area contributed by atoms with Gasteiger partial charge in [0, 0.05) is 13.0 Å². The number of hydrogen-bond donors (Lipinski definition) is 1. The van der Waals surface area contributed by atoms with Crippen molar-refractivity contribution in [2.45, 2.75) is 32.1 Å². The number of nitrogens with zero attached hydrogens (tertiary/aromatic N) is 1. The number of aryl methyl sites for hydroxylation is 2. The van der Waals surface area contributed by atoms with Crippen LogP contribution in [0.3, 0.4) is 0 Å². The van der Waals surface area contributed by atoms with Gasteiger partial charge in [-0.25, -0.2) is 0 Å². The zero-order chi connectivity index (χ0) is 12.7. The second-order valence-corrected chi connectivity index (χ2v) is 4.98. The molecule has 0 aliphatic carbocycles. The highest BCUT2D eigenvalue weighted by Crippen LogP contribution is 2.36. The Morgan fingerprint density at radius 2 is 1.94 bits per heavy atom. The third-order valence-corrected chi connectivity index (χ3v) is 3.69. The van der Waals surface area contributed by atoms with Gasteiger partial charge in [0.25, 0.3) is 0 Å². The van der Waals surface area contributed by atoms with Gasteiger partial charge in [0.05, 0.1) is 12.1 Å². The summed E-state index contributed by atoms with van der Waals surface area (Å²) in [7, 11) is 0. The number of carbonyl (C=O) groups is 2. The van der Waals surface area contributed by atoms with Crippen molar-refractivity contribution in [3.63, 3.8) is 0 Å². The van der Waals surface area contributed by atoms with Gasteiger partial charge in [-0.15, -0.1) is 0 Å². The molecule has 3 rings (SSSR count). The van der Waals surface area contributed by atoms with Crippen LogP contribution in [0, 0.1) is 0 Å². The molecule has 0 atom stereocenters. The fourth-order valence-corrected chi connectivity index (χ4v) is 3.00. The van der Waals surface area contributed by atoms with Crippen molar-refractivity contribution in [1.82, 2.24) is 0 Å². The van der Waals surface area contributed by atoms with Crippen molar-refractivity contribution in [2.75, 3.05) is 11.4 Å². The van der Waals surface area contributed by atoms with E-state index in [1.807, 2.05) is 17.0 Å². The number of carbonyl (C=O) groups excluding carboxylic acids is 1. The smallest absolute Gasteiger partial charge is 0.307 e. The lowest BCUT2D eigenvalue weighted by Crippen LogP contribution is -2.39. The third kappa shape index (κ3) is 1.78. The fraction of sp³-hybridized carbons (Fsp3) is 0.429. The quantitative estimate of drug-likeness (QED) is 0.859. The number of anilines is 1. The van der Waals surface area contributed by atoms with E-state index in [1.165, 1.54) is 0 Å². The van der Waals surface area contributed by atoms with Gasteiger partial charge in [0.1, 0.15) is 0 Å². The monoisotopic (exact) mass is 245 g/mol. The summed E-state index contributed by atoms with van der Waals surface area (Å²) in [5, 5.41) is 8.88. The van der Waals surface area contributed by atoms with Crippen LogP contribution in [-0.2, 0) is 28.9 Å². The van der Waals surface area contributed by atoms with E-state index in [2.05, 4.69) is 0 Å². The van der Waals surface area contributed by atoms with E-state index < -0.39 is 5.97 Å². The molecule has 0 saturated heterocycles. The molecular formula is C14H15NO3. The van der Waals surface area contributed by atoms with Crippen molar-refractivity contribution in [3.05, 3.63) is 28.8 Å². The topological polar surface area (TPSA) is 57.6 Å². The predicted molar refractivity (Wildman–Crippen MR) is 66.8 cm³/mol. The Balaban J connectivity index is 2.08. The molecule has 0 fully saturated rings. The van der Waals surface area contributed by atoms with Crippen LogP contribution in [0.2, 0.25) is 0 Å². The summed E-state index contributed by atoms with van der Waals surface area (Å²) < 4.78 is 0. The van der Waals surface area contributed by atoms with Crippen molar-refractivity contribution in [3.8, 4) is 0 Å². The van der Waals surface area contributed by atoms with Crippen molar-refractivity contribution >= 4 is 17.6 Å². The minimum Gasteiger partial charge on any atom is -0.481 e. The number of aliphatic carboxylic acids is 1. The van der Waals surface area contributed by atoms with Gasteiger partial charge in [-0.2, -0.15) is 0 Å². The van der Waals surface area contributed by atoms with E-state index in [0.29, 0.717) is 6.42 Å². The number of carboxylic acids is 1. The molecule has 2 heterocycles. The van der Waals surface area contributed by atoms with Crippen LogP contribution in [0.15, 0.2) is 12.1 Å². The molecule has 0 saturated carbocycles. The molecule has 0 spiro atoms. The summed E-state index contributed by atoms with van der Waals surface area (Å²) >= 11 is 0. The SMILES string of the molecule is O=C(O)Cc1cc2c3c(c1)CCC(=O)N3CCC2. The summed E-state index contributed by atoms with van der Waals surface area (Å²) in [5.74, 6) is -0.601. The van der Waals surface area contributed by atoms with Gasteiger partial charge < -0.3 is 10.0 Å². The molecule has 4 nitrogen and oxygen atoms in total. The first-order chi connectivity index (χ1) is 8.65. The van der Waals surface area contributed by atoms with E-state index in [-0.39, 0.29) is 12.3 Å². The lowest BCUT2D eigenvalue weighted by Gasteiger charge is -2.35. The van der Waals surface area contributed by atoms with Crippen molar-refractivity contribution < 1.29 is 14.7 Å². The summed E-state index contributed by atoms with van der Waals surface area (Å²) in [6.45, 7) is 0.803. The highest BCUT2D eigenvalue weighted by Gasteiger charge is 2.29. The molecule has 0 radical (unpaired) electrons. The Morgan fingerprint density at radius 1 is 1.22 bits per heavy atom. The Bertz CT molecular complexity index is 519. The van der Waals surface area contributed by atoms with Crippen LogP contribution in [-0.4, -0.2) is 23.5 Å². The Kier molecular flexibility index (Phi) is 2.58. The molecule has 2 aliphatic heterocycles. The summed E-state index contributed by atoms with van der Waals surface area (Å²) in [6, 6.07) is 3.91. The standard InChI is InChI=1S/C14H15NO3/c16-12-4-3-11-7-9(8-13(17)18)6-10-2-1-5-15(12)14(10)11/h6-7H,1-5,8H2,(H,17,18). The molecule has 0 unspecified atom stereocenters. The molecule has 18 heavy (non-hydrogen) atoms. The minimum absolute atomic E-state index is 0.0637. The second kappa shape index (κ2) is 4.12. The molecular weight excluding hydrogens is 230 g/mol. The number of hydrogen-bond acceptors (Lipinski definition) is 2. The Hall–Kier alpha value is -1.84. The maximum atomic E-state index is 11.9. The molecule has 0 bridgehead atoms. The van der Waals surface area contributed by atoms with Crippen LogP contribution in [0.5, 0.6) is 0 Å². The Labute approximate surface area is 105 Å². The highest BCUT2D eigenvalue weighted by molar-refractivity contribution is 5.98. The van der Waals surface area contributed by atoms with Gasteiger partial charge in [-0.3, -0.25) is 9.59 Å². The van der Waals surface area contributed by atoms with Crippen molar-refractivity contribution in [2.24, 2.45) is 0 Å². The molecule has 1 aromatic carbocycles. The summed E-state index contributed by atoms with van der Waals surface area (Å²) in [5.41, 5.74) is 4.20. The summed E-state index contributed by atoms with van der Waals surface area (Å²) in [6.07, 6.45) is 3.26. The highest BCUT2D eigenvalue weighted by atomic mass is 16.4. The minimum atomic E-state index is -0.804. The molecule has 1 N–H and O–H groups in total. The van der Waals surface area contributed by atoms with E-state index in [9.17, 15) is 9.59 Å². The number of rotatable bonds is 2. The number of benzene rings is 1. The lowest BCUT2D eigenvalue weighted by molar-refractivity contribution is -0.136. The van der Waals surface area contributed by atoms with Crippen LogP contribution in [0.4, 0.5) is 5.69 Å². The maximum absolute atomic E-state index is 11.9. The second-order valence-electron chi connectivity index (χ2n) is 4.98. The van der Waals surface area contributed by atoms with Gasteiger partial charge >= 0.3 is 5.97 Å². The fourth-order valence-electron chi connectivity index (χ4n) is 3.00. The zero-order valence-electron chi connectivity index (χ0n) is 10.1. The molecule has 1 amide bonds. The molecule has 4 heteroatoms. The number of amides is 1. The summed E-state index contributed by atoms with van der Waals surface area (Å²) in [4.78, 5) is 24.5. The first-order valence-corrected chi connectivity index (χ1v) is 6.32. The average molecular weight is 245 g/mol. The predicted octanol–water partition coefficient (Wildman–Crippen LogP) is 1.54. The number of carboxylic acid groups (broad SMARTS) is 1. The molecule has 0 aromatic heterocycles. The van der Waals surface area contributed by atoms with E-state index in [0.717, 1.165) is 48.2 Å². The first-order valence-electron chi connectivity index (χ1n) is 6.32. The van der Waals surface area contributed by atoms with E-state index >= 15 is 0 Å². The van der Waals surface area contributed by atoms with Crippen LogP contribution >= 0.6 is 0 Å². The van der Waals surface area contributed by atoms with Gasteiger partial charge in [0.2, 0.25) is 5.91 Å². The molecule has 94 valence electrons. The molecule has 1 aromatic rings. The van der Waals surface area contributed by atoms with Crippen LogP contribution in [0.25, 0.3) is 0 Å². The zero-order valence-corrected chi connectivity index (χ0v) is 10.1. The van der Waals surface area contributed by atoms with Crippen LogP contribution in [0.1, 0.15) is 29.5 Å². The molecule has 2 aliphatic rings. The average Bonchev–Trinajstić information content (AvgIpc) is 2.33. The van der Waals surface area contributed by atoms with Crippen LogP contribution < -0.4 is 4.90 Å². The van der Waals surface area contributed by atoms with E-state index in [1.54, 1.807) is 0 Å².